The Morgan fingerprint density at radius 2 is 2.04 bits per heavy atom. The Morgan fingerprint density at radius 3 is 2.62 bits per heavy atom. The van der Waals surface area contributed by atoms with Gasteiger partial charge in [0.1, 0.15) is 5.82 Å². The third-order valence-electron chi connectivity index (χ3n) is 3.26. The highest BCUT2D eigenvalue weighted by molar-refractivity contribution is 14.1. The topological polar surface area (TPSA) is 68.3 Å². The quantitative estimate of drug-likeness (QED) is 0.548. The van der Waals surface area contributed by atoms with Crippen LogP contribution in [0, 0.1) is 16.3 Å². The highest BCUT2D eigenvalue weighted by atomic mass is 127. The van der Waals surface area contributed by atoms with Crippen molar-refractivity contribution in [2.75, 3.05) is 12.4 Å². The predicted octanol–water partition coefficient (Wildman–Crippen LogP) is 4.20. The number of esters is 1. The van der Waals surface area contributed by atoms with E-state index >= 15 is 0 Å². The van der Waals surface area contributed by atoms with Crippen LogP contribution in [-0.4, -0.2) is 24.0 Å². The standard InChI is InChI=1S/C16H13ClFIN2O3/c1-7-9(4-5-10(19)14(7)18)11-6-12(20-8(2)22)13(17)15(21-11)16(23)24-3/h4-6H,1-3H3,(H,20,21,22). The Balaban J connectivity index is 2.72. The van der Waals surface area contributed by atoms with Crippen molar-refractivity contribution in [1.29, 1.82) is 0 Å². The highest BCUT2D eigenvalue weighted by Gasteiger charge is 2.21. The van der Waals surface area contributed by atoms with E-state index in [1.54, 1.807) is 19.1 Å². The Hall–Kier alpha value is -1.74. The molecule has 0 saturated carbocycles. The van der Waals surface area contributed by atoms with Crippen LogP contribution in [0.25, 0.3) is 11.3 Å². The summed E-state index contributed by atoms with van der Waals surface area (Å²) >= 11 is 8.02. The molecule has 0 atom stereocenters. The van der Waals surface area contributed by atoms with Crippen molar-refractivity contribution in [3.63, 3.8) is 0 Å². The maximum atomic E-state index is 14.2. The predicted molar refractivity (Wildman–Crippen MR) is 97.7 cm³/mol. The molecule has 1 aromatic carbocycles. The first kappa shape index (κ1) is 18.6. The SMILES string of the molecule is COC(=O)c1nc(-c2ccc(I)c(F)c2C)cc(NC(C)=O)c1Cl. The molecule has 8 heteroatoms. The summed E-state index contributed by atoms with van der Waals surface area (Å²) in [6, 6.07) is 4.78. The van der Waals surface area contributed by atoms with E-state index in [0.29, 0.717) is 20.4 Å². The molecule has 126 valence electrons. The normalized spacial score (nSPS) is 10.4. The molecule has 0 bridgehead atoms. The van der Waals surface area contributed by atoms with Crippen LogP contribution in [0.5, 0.6) is 0 Å². The van der Waals surface area contributed by atoms with Crippen molar-refractivity contribution in [3.8, 4) is 11.3 Å². The molecule has 1 N–H and O–H groups in total. The zero-order chi connectivity index (χ0) is 18.0. The lowest BCUT2D eigenvalue weighted by atomic mass is 10.0. The molecular weight excluding hydrogens is 450 g/mol. The second-order valence-corrected chi connectivity index (χ2v) is 6.46. The number of ether oxygens (including phenoxy) is 1. The van der Waals surface area contributed by atoms with Crippen LogP contribution in [0.15, 0.2) is 18.2 Å². The first-order chi connectivity index (χ1) is 11.3. The van der Waals surface area contributed by atoms with E-state index in [9.17, 15) is 14.0 Å². The molecule has 0 aliphatic rings. The Labute approximate surface area is 156 Å². The third-order valence-corrected chi connectivity index (χ3v) is 4.48. The number of halogens is 3. The number of anilines is 1. The molecule has 0 spiro atoms. The lowest BCUT2D eigenvalue weighted by Gasteiger charge is -2.13. The number of hydrogen-bond donors (Lipinski definition) is 1. The molecule has 0 aliphatic carbocycles. The van der Waals surface area contributed by atoms with Crippen molar-refractivity contribution in [2.45, 2.75) is 13.8 Å². The van der Waals surface area contributed by atoms with Gasteiger partial charge in [0.25, 0.3) is 0 Å². The van der Waals surface area contributed by atoms with Gasteiger partial charge in [-0.3, -0.25) is 4.79 Å². The summed E-state index contributed by atoms with van der Waals surface area (Å²) in [6.07, 6.45) is 0. The van der Waals surface area contributed by atoms with Crippen LogP contribution in [0.3, 0.4) is 0 Å². The van der Waals surface area contributed by atoms with Crippen molar-refractivity contribution < 1.29 is 18.7 Å². The summed E-state index contributed by atoms with van der Waals surface area (Å²) < 4.78 is 19.3. The number of pyridine rings is 1. The molecule has 0 aliphatic heterocycles. The van der Waals surface area contributed by atoms with Crippen LogP contribution in [0.2, 0.25) is 5.02 Å². The minimum atomic E-state index is -0.753. The first-order valence-corrected chi connectivity index (χ1v) is 8.23. The number of methoxy groups -OCH3 is 1. The Kier molecular flexibility index (Phi) is 5.76. The molecule has 5 nitrogen and oxygen atoms in total. The Morgan fingerprint density at radius 1 is 1.38 bits per heavy atom. The molecule has 2 aromatic rings. The first-order valence-electron chi connectivity index (χ1n) is 6.77. The highest BCUT2D eigenvalue weighted by Crippen LogP contribution is 2.33. The van der Waals surface area contributed by atoms with Crippen molar-refractivity contribution in [1.82, 2.24) is 4.98 Å². The molecule has 0 radical (unpaired) electrons. The number of nitrogens with zero attached hydrogens (tertiary/aromatic N) is 1. The van der Waals surface area contributed by atoms with Gasteiger partial charge in [-0.05, 0) is 47.2 Å². The van der Waals surface area contributed by atoms with Gasteiger partial charge in [-0.25, -0.2) is 14.2 Å². The van der Waals surface area contributed by atoms with Crippen molar-refractivity contribution >= 4 is 51.8 Å². The van der Waals surface area contributed by atoms with Gasteiger partial charge in [0.05, 0.1) is 23.5 Å². The lowest BCUT2D eigenvalue weighted by Crippen LogP contribution is -2.12. The fraction of sp³-hybridized carbons (Fsp3) is 0.188. The molecule has 1 aromatic heterocycles. The minimum absolute atomic E-state index is 0.0376. The number of carbonyl (C=O) groups is 2. The largest absolute Gasteiger partial charge is 0.464 e. The molecule has 0 saturated heterocycles. The summed E-state index contributed by atoms with van der Waals surface area (Å²) in [6.45, 7) is 2.92. The number of benzene rings is 1. The number of amides is 1. The molecule has 1 heterocycles. The molecule has 24 heavy (non-hydrogen) atoms. The fourth-order valence-corrected chi connectivity index (χ4v) is 2.91. The van der Waals surface area contributed by atoms with Gasteiger partial charge >= 0.3 is 5.97 Å². The summed E-state index contributed by atoms with van der Waals surface area (Å²) in [7, 11) is 1.20. The van der Waals surface area contributed by atoms with Crippen LogP contribution in [0.1, 0.15) is 23.0 Å². The number of carbonyl (C=O) groups excluding carboxylic acids is 2. The summed E-state index contributed by atoms with van der Waals surface area (Å²) in [5, 5.41) is 2.50. The minimum Gasteiger partial charge on any atom is -0.464 e. The fourth-order valence-electron chi connectivity index (χ4n) is 2.11. The summed E-state index contributed by atoms with van der Waals surface area (Å²) in [4.78, 5) is 27.5. The van der Waals surface area contributed by atoms with Crippen LogP contribution < -0.4 is 5.32 Å². The molecule has 0 fully saturated rings. The number of rotatable bonds is 3. The van der Waals surface area contributed by atoms with Gasteiger partial charge in [-0.2, -0.15) is 0 Å². The molecular formula is C16H13ClFIN2O3. The van der Waals surface area contributed by atoms with Crippen molar-refractivity contribution in [2.24, 2.45) is 0 Å². The van der Waals surface area contributed by atoms with Gasteiger partial charge in [-0.15, -0.1) is 0 Å². The van der Waals surface area contributed by atoms with E-state index in [-0.39, 0.29) is 28.1 Å². The summed E-state index contributed by atoms with van der Waals surface area (Å²) in [5.41, 5.74) is 1.21. The Bertz CT molecular complexity index is 843. The number of nitrogens with one attached hydrogen (secondary N) is 1. The van der Waals surface area contributed by atoms with E-state index in [0.717, 1.165) is 0 Å². The van der Waals surface area contributed by atoms with Crippen LogP contribution in [-0.2, 0) is 9.53 Å². The monoisotopic (exact) mass is 462 g/mol. The average molecular weight is 463 g/mol. The van der Waals surface area contributed by atoms with E-state index in [1.165, 1.54) is 20.1 Å². The molecule has 1 amide bonds. The van der Waals surface area contributed by atoms with E-state index in [2.05, 4.69) is 15.0 Å². The number of aromatic nitrogens is 1. The van der Waals surface area contributed by atoms with Gasteiger partial charge in [0.15, 0.2) is 5.69 Å². The van der Waals surface area contributed by atoms with E-state index in [1.807, 2.05) is 22.6 Å². The maximum absolute atomic E-state index is 14.2. The maximum Gasteiger partial charge on any atom is 0.358 e. The van der Waals surface area contributed by atoms with Crippen LogP contribution in [0.4, 0.5) is 10.1 Å². The zero-order valence-corrected chi connectivity index (χ0v) is 16.0. The van der Waals surface area contributed by atoms with Gasteiger partial charge in [0, 0.05) is 16.1 Å². The zero-order valence-electron chi connectivity index (χ0n) is 13.0. The average Bonchev–Trinajstić information content (AvgIpc) is 2.53. The summed E-state index contributed by atoms with van der Waals surface area (Å²) in [5.74, 6) is -1.49. The smallest absolute Gasteiger partial charge is 0.358 e. The second-order valence-electron chi connectivity index (χ2n) is 4.92. The number of hydrogen-bond acceptors (Lipinski definition) is 4. The third kappa shape index (κ3) is 3.67. The van der Waals surface area contributed by atoms with Gasteiger partial charge in [0.2, 0.25) is 5.91 Å². The van der Waals surface area contributed by atoms with E-state index < -0.39 is 5.97 Å². The molecule has 2 rings (SSSR count). The van der Waals surface area contributed by atoms with E-state index in [4.69, 9.17) is 11.6 Å². The van der Waals surface area contributed by atoms with Gasteiger partial charge < -0.3 is 10.1 Å². The van der Waals surface area contributed by atoms with Crippen LogP contribution >= 0.6 is 34.2 Å². The lowest BCUT2D eigenvalue weighted by molar-refractivity contribution is -0.114. The second kappa shape index (κ2) is 7.43. The molecule has 0 unspecified atom stereocenters. The van der Waals surface area contributed by atoms with Gasteiger partial charge in [-0.1, -0.05) is 17.7 Å². The van der Waals surface area contributed by atoms with Crippen molar-refractivity contribution in [3.05, 3.63) is 43.9 Å².